The van der Waals surface area contributed by atoms with Crippen molar-refractivity contribution in [1.82, 2.24) is 0 Å². The summed E-state index contributed by atoms with van der Waals surface area (Å²) in [4.78, 5) is 11.2. The van der Waals surface area contributed by atoms with Gasteiger partial charge in [-0.1, -0.05) is 11.6 Å². The SMILES string of the molecule is COC(=O)CN(c1ccc(F)cc1Cl)S(C)(=O)=O. The highest BCUT2D eigenvalue weighted by Gasteiger charge is 2.23. The Labute approximate surface area is 109 Å². The number of benzene rings is 1. The predicted octanol–water partition coefficient (Wildman–Crippen LogP) is 1.42. The van der Waals surface area contributed by atoms with Crippen molar-refractivity contribution in [3.8, 4) is 0 Å². The van der Waals surface area contributed by atoms with Crippen molar-refractivity contribution in [3.63, 3.8) is 0 Å². The molecule has 0 radical (unpaired) electrons. The van der Waals surface area contributed by atoms with E-state index in [0.29, 0.717) is 0 Å². The minimum atomic E-state index is -3.73. The molecule has 0 bridgehead atoms. The summed E-state index contributed by atoms with van der Waals surface area (Å²) in [6, 6.07) is 3.20. The van der Waals surface area contributed by atoms with Crippen LogP contribution in [0.4, 0.5) is 10.1 Å². The van der Waals surface area contributed by atoms with E-state index in [1.807, 2.05) is 0 Å². The molecular formula is C10H11ClFNO4S. The Morgan fingerprint density at radius 2 is 2.11 bits per heavy atom. The number of hydrogen-bond donors (Lipinski definition) is 0. The second kappa shape index (κ2) is 5.53. The zero-order valence-corrected chi connectivity index (χ0v) is 11.3. The number of methoxy groups -OCH3 is 1. The van der Waals surface area contributed by atoms with E-state index in [9.17, 15) is 17.6 Å². The maximum Gasteiger partial charge on any atom is 0.326 e. The summed E-state index contributed by atoms with van der Waals surface area (Å²) in [6.45, 7) is -0.527. The average Bonchev–Trinajstić information content (AvgIpc) is 2.25. The third kappa shape index (κ3) is 3.58. The van der Waals surface area contributed by atoms with Crippen LogP contribution < -0.4 is 4.31 Å². The molecule has 0 aliphatic heterocycles. The van der Waals surface area contributed by atoms with E-state index in [0.717, 1.165) is 29.8 Å². The quantitative estimate of drug-likeness (QED) is 0.788. The molecule has 18 heavy (non-hydrogen) atoms. The van der Waals surface area contributed by atoms with Gasteiger partial charge in [-0.25, -0.2) is 12.8 Å². The molecule has 8 heteroatoms. The van der Waals surface area contributed by atoms with Crippen LogP contribution >= 0.6 is 11.6 Å². The van der Waals surface area contributed by atoms with Crippen LogP contribution in [0, 0.1) is 5.82 Å². The summed E-state index contributed by atoms with van der Waals surface area (Å²) in [5.74, 6) is -1.35. The number of nitrogens with zero attached hydrogens (tertiary/aromatic N) is 1. The minimum absolute atomic E-state index is 0.0194. The molecule has 0 aliphatic rings. The minimum Gasteiger partial charge on any atom is -0.468 e. The lowest BCUT2D eigenvalue weighted by Crippen LogP contribution is -2.35. The molecule has 1 aromatic rings. The first-order valence-electron chi connectivity index (χ1n) is 4.75. The van der Waals surface area contributed by atoms with Gasteiger partial charge >= 0.3 is 5.97 Å². The molecule has 1 aromatic carbocycles. The standard InChI is InChI=1S/C10H11ClFNO4S/c1-17-10(14)6-13(18(2,15)16)9-4-3-7(12)5-8(9)11/h3-5H,6H2,1-2H3. The van der Waals surface area contributed by atoms with E-state index in [-0.39, 0.29) is 10.7 Å². The largest absolute Gasteiger partial charge is 0.468 e. The van der Waals surface area contributed by atoms with Gasteiger partial charge in [-0.15, -0.1) is 0 Å². The molecule has 0 atom stereocenters. The lowest BCUT2D eigenvalue weighted by Gasteiger charge is -2.22. The van der Waals surface area contributed by atoms with Crippen LogP contribution in [-0.4, -0.2) is 34.3 Å². The van der Waals surface area contributed by atoms with Gasteiger partial charge in [0.25, 0.3) is 0 Å². The van der Waals surface area contributed by atoms with Crippen LogP contribution in [0.5, 0.6) is 0 Å². The number of ether oxygens (including phenoxy) is 1. The van der Waals surface area contributed by atoms with Crippen LogP contribution in [0.1, 0.15) is 0 Å². The molecule has 5 nitrogen and oxygen atoms in total. The summed E-state index contributed by atoms with van der Waals surface area (Å²) in [5.41, 5.74) is 0.0194. The number of anilines is 1. The maximum absolute atomic E-state index is 12.9. The highest BCUT2D eigenvalue weighted by Crippen LogP contribution is 2.28. The molecule has 0 aromatic heterocycles. The topological polar surface area (TPSA) is 63.7 Å². The van der Waals surface area contributed by atoms with Crippen molar-refractivity contribution >= 4 is 33.3 Å². The Balaban J connectivity index is 3.22. The van der Waals surface area contributed by atoms with E-state index in [1.165, 1.54) is 6.07 Å². The van der Waals surface area contributed by atoms with Gasteiger partial charge in [0.1, 0.15) is 12.4 Å². The Morgan fingerprint density at radius 1 is 1.50 bits per heavy atom. The summed E-state index contributed by atoms with van der Waals surface area (Å²) in [6.07, 6.45) is 0.912. The molecule has 0 unspecified atom stereocenters. The number of carbonyl (C=O) groups excluding carboxylic acids is 1. The molecule has 0 spiro atoms. The van der Waals surface area contributed by atoms with Crippen molar-refractivity contribution in [2.45, 2.75) is 0 Å². The van der Waals surface area contributed by atoms with Crippen molar-refractivity contribution in [1.29, 1.82) is 0 Å². The molecule has 0 heterocycles. The first-order valence-corrected chi connectivity index (χ1v) is 6.98. The van der Waals surface area contributed by atoms with E-state index in [2.05, 4.69) is 4.74 Å². The third-order valence-electron chi connectivity index (χ3n) is 2.08. The smallest absolute Gasteiger partial charge is 0.326 e. The highest BCUT2D eigenvalue weighted by atomic mass is 35.5. The third-order valence-corrected chi connectivity index (χ3v) is 3.51. The molecule has 0 aliphatic carbocycles. The fourth-order valence-corrected chi connectivity index (χ4v) is 2.42. The van der Waals surface area contributed by atoms with Crippen molar-refractivity contribution < 1.29 is 22.3 Å². The highest BCUT2D eigenvalue weighted by molar-refractivity contribution is 7.92. The molecule has 100 valence electrons. The lowest BCUT2D eigenvalue weighted by atomic mass is 10.3. The monoisotopic (exact) mass is 295 g/mol. The lowest BCUT2D eigenvalue weighted by molar-refractivity contribution is -0.138. The summed E-state index contributed by atoms with van der Waals surface area (Å²) in [5, 5.41) is -0.107. The van der Waals surface area contributed by atoms with Crippen LogP contribution in [0.3, 0.4) is 0 Å². The maximum atomic E-state index is 12.9. The Hall–Kier alpha value is -1.34. The Bertz CT molecular complexity index is 561. The summed E-state index contributed by atoms with van der Waals surface area (Å²) >= 11 is 5.76. The average molecular weight is 296 g/mol. The second-order valence-electron chi connectivity index (χ2n) is 3.44. The van der Waals surface area contributed by atoms with Gasteiger partial charge in [0.05, 0.1) is 24.1 Å². The number of esters is 1. The van der Waals surface area contributed by atoms with Gasteiger partial charge < -0.3 is 4.74 Å². The first-order chi connectivity index (χ1) is 8.25. The number of sulfonamides is 1. The molecule has 0 N–H and O–H groups in total. The van der Waals surface area contributed by atoms with Gasteiger partial charge in [0.15, 0.2) is 0 Å². The molecular weight excluding hydrogens is 285 g/mol. The van der Waals surface area contributed by atoms with Gasteiger partial charge in [0.2, 0.25) is 10.0 Å². The fourth-order valence-electron chi connectivity index (χ4n) is 1.25. The van der Waals surface area contributed by atoms with E-state index in [4.69, 9.17) is 11.6 Å². The van der Waals surface area contributed by atoms with Crippen LogP contribution in [0.2, 0.25) is 5.02 Å². The number of rotatable bonds is 4. The summed E-state index contributed by atoms with van der Waals surface area (Å²) < 4.78 is 41.2. The molecule has 0 fully saturated rings. The number of hydrogen-bond acceptors (Lipinski definition) is 4. The van der Waals surface area contributed by atoms with Gasteiger partial charge in [0, 0.05) is 0 Å². The number of halogens is 2. The zero-order chi connectivity index (χ0) is 13.9. The Morgan fingerprint density at radius 3 is 2.56 bits per heavy atom. The van der Waals surface area contributed by atoms with Crippen molar-refractivity contribution in [2.24, 2.45) is 0 Å². The molecule has 0 saturated carbocycles. The van der Waals surface area contributed by atoms with Crippen LogP contribution in [0.25, 0.3) is 0 Å². The van der Waals surface area contributed by atoms with E-state index in [1.54, 1.807) is 0 Å². The molecule has 0 saturated heterocycles. The van der Waals surface area contributed by atoms with E-state index >= 15 is 0 Å². The van der Waals surface area contributed by atoms with E-state index < -0.39 is 28.4 Å². The van der Waals surface area contributed by atoms with Gasteiger partial charge in [-0.3, -0.25) is 9.10 Å². The Kier molecular flexibility index (Phi) is 4.53. The van der Waals surface area contributed by atoms with Crippen molar-refractivity contribution in [2.75, 3.05) is 24.2 Å². The summed E-state index contributed by atoms with van der Waals surface area (Å²) in [7, 11) is -2.60. The fraction of sp³-hybridized carbons (Fsp3) is 0.300. The predicted molar refractivity (Wildman–Crippen MR) is 65.6 cm³/mol. The number of carbonyl (C=O) groups is 1. The molecule has 0 amide bonds. The van der Waals surface area contributed by atoms with Gasteiger partial charge in [-0.05, 0) is 18.2 Å². The second-order valence-corrected chi connectivity index (χ2v) is 5.76. The van der Waals surface area contributed by atoms with Crippen LogP contribution in [0.15, 0.2) is 18.2 Å². The molecule has 1 rings (SSSR count). The normalized spacial score (nSPS) is 11.1. The van der Waals surface area contributed by atoms with Crippen molar-refractivity contribution in [3.05, 3.63) is 29.0 Å². The van der Waals surface area contributed by atoms with Crippen LogP contribution in [-0.2, 0) is 19.6 Å². The van der Waals surface area contributed by atoms with Gasteiger partial charge in [-0.2, -0.15) is 0 Å². The zero-order valence-electron chi connectivity index (χ0n) is 9.68. The first kappa shape index (κ1) is 14.7.